The maximum Gasteiger partial charge on any atom is 0.374 e. The van der Waals surface area contributed by atoms with Crippen molar-refractivity contribution in [1.29, 1.82) is 0 Å². The van der Waals surface area contributed by atoms with Gasteiger partial charge in [0.1, 0.15) is 11.4 Å². The first kappa shape index (κ1) is 17.6. The number of thiophene rings is 1. The van der Waals surface area contributed by atoms with Crippen molar-refractivity contribution < 1.29 is 19.1 Å². The monoisotopic (exact) mass is 364 g/mol. The number of carbonyl (C=O) groups excluding carboxylic acids is 2. The minimum Gasteiger partial charge on any atom is -0.468 e. The molecule has 0 saturated heterocycles. The third kappa shape index (κ3) is 3.18. The summed E-state index contributed by atoms with van der Waals surface area (Å²) in [6.45, 7) is 3.64. The van der Waals surface area contributed by atoms with E-state index in [1.807, 2.05) is 0 Å². The topological polar surface area (TPSA) is 87.5 Å². The van der Waals surface area contributed by atoms with Crippen LogP contribution in [0, 0.1) is 5.92 Å². The lowest BCUT2D eigenvalue weighted by atomic mass is 9.89. The fourth-order valence-corrected chi connectivity index (χ4v) is 4.49. The van der Waals surface area contributed by atoms with Gasteiger partial charge in [-0.25, -0.2) is 9.78 Å². The highest BCUT2D eigenvalue weighted by molar-refractivity contribution is 7.18. The summed E-state index contributed by atoms with van der Waals surface area (Å²) in [7, 11) is 1.23. The van der Waals surface area contributed by atoms with Crippen LogP contribution in [0.1, 0.15) is 41.3 Å². The Bertz CT molecular complexity index is 899. The molecule has 2 aromatic heterocycles. The van der Waals surface area contributed by atoms with Crippen LogP contribution in [0.25, 0.3) is 10.2 Å². The van der Waals surface area contributed by atoms with Gasteiger partial charge in [0.2, 0.25) is 5.82 Å². The molecule has 0 bridgehead atoms. The zero-order chi connectivity index (χ0) is 18.1. The number of carbonyl (C=O) groups is 2. The van der Waals surface area contributed by atoms with Crippen LogP contribution in [-0.4, -0.2) is 35.2 Å². The molecule has 25 heavy (non-hydrogen) atoms. The molecule has 2 aromatic rings. The summed E-state index contributed by atoms with van der Waals surface area (Å²) < 4.78 is 10.7. The van der Waals surface area contributed by atoms with E-state index in [0.29, 0.717) is 16.1 Å². The molecule has 0 aliphatic heterocycles. The van der Waals surface area contributed by atoms with E-state index in [9.17, 15) is 14.4 Å². The highest BCUT2D eigenvalue weighted by Gasteiger charge is 2.27. The maximum atomic E-state index is 13.0. The predicted molar refractivity (Wildman–Crippen MR) is 93.0 cm³/mol. The van der Waals surface area contributed by atoms with E-state index in [0.717, 1.165) is 34.3 Å². The molecule has 0 amide bonds. The highest BCUT2D eigenvalue weighted by atomic mass is 32.1. The van der Waals surface area contributed by atoms with Crippen LogP contribution in [0.15, 0.2) is 4.79 Å². The molecule has 0 N–H and O–H groups in total. The van der Waals surface area contributed by atoms with Crippen LogP contribution in [0.3, 0.4) is 0 Å². The predicted octanol–water partition coefficient (Wildman–Crippen LogP) is 1.93. The van der Waals surface area contributed by atoms with Gasteiger partial charge in [-0.05, 0) is 37.7 Å². The van der Waals surface area contributed by atoms with E-state index >= 15 is 0 Å². The third-order valence-electron chi connectivity index (χ3n) is 4.39. The smallest absolute Gasteiger partial charge is 0.374 e. The SMILES string of the molecule is CCOC(=O)c1nc2sc3c(c2c(=O)n1CC(=O)OC)CC[C@@H](C)C3. The summed E-state index contributed by atoms with van der Waals surface area (Å²) >= 11 is 1.45. The third-order valence-corrected chi connectivity index (χ3v) is 5.54. The van der Waals surface area contributed by atoms with Gasteiger partial charge in [0.25, 0.3) is 5.56 Å². The van der Waals surface area contributed by atoms with Gasteiger partial charge >= 0.3 is 11.9 Å². The lowest BCUT2D eigenvalue weighted by Gasteiger charge is -2.17. The number of ether oxygens (including phenoxy) is 2. The molecule has 0 spiro atoms. The molecule has 134 valence electrons. The van der Waals surface area contributed by atoms with Crippen molar-refractivity contribution in [3.8, 4) is 0 Å². The van der Waals surface area contributed by atoms with Crippen LogP contribution in [0.4, 0.5) is 0 Å². The molecule has 7 nitrogen and oxygen atoms in total. The molecule has 0 fully saturated rings. The van der Waals surface area contributed by atoms with Crippen molar-refractivity contribution in [3.05, 3.63) is 26.6 Å². The number of nitrogens with zero attached hydrogens (tertiary/aromatic N) is 2. The van der Waals surface area contributed by atoms with Crippen LogP contribution in [0.2, 0.25) is 0 Å². The normalized spacial score (nSPS) is 16.5. The first-order valence-electron chi connectivity index (χ1n) is 8.25. The summed E-state index contributed by atoms with van der Waals surface area (Å²) in [6, 6.07) is 0. The van der Waals surface area contributed by atoms with E-state index in [-0.39, 0.29) is 24.5 Å². The van der Waals surface area contributed by atoms with Crippen LogP contribution in [0.5, 0.6) is 0 Å². The van der Waals surface area contributed by atoms with Crippen molar-refractivity contribution in [1.82, 2.24) is 9.55 Å². The summed E-state index contributed by atoms with van der Waals surface area (Å²) in [5.41, 5.74) is 0.620. The molecule has 1 aliphatic rings. The van der Waals surface area contributed by atoms with Gasteiger partial charge in [0.05, 0.1) is 19.1 Å². The second-order valence-corrected chi connectivity index (χ2v) is 7.24. The molecule has 1 aliphatic carbocycles. The average Bonchev–Trinajstić information content (AvgIpc) is 2.94. The second-order valence-electron chi connectivity index (χ2n) is 6.16. The van der Waals surface area contributed by atoms with Crippen molar-refractivity contribution in [2.24, 2.45) is 5.92 Å². The lowest BCUT2D eigenvalue weighted by Crippen LogP contribution is -2.32. The maximum absolute atomic E-state index is 13.0. The first-order chi connectivity index (χ1) is 12.0. The molecule has 0 saturated carbocycles. The average molecular weight is 364 g/mol. The number of aryl methyl sites for hydroxylation is 1. The van der Waals surface area contributed by atoms with Crippen molar-refractivity contribution >= 4 is 33.5 Å². The quantitative estimate of drug-likeness (QED) is 0.771. The van der Waals surface area contributed by atoms with E-state index < -0.39 is 11.9 Å². The molecule has 8 heteroatoms. The zero-order valence-electron chi connectivity index (χ0n) is 14.5. The Balaban J connectivity index is 2.23. The fraction of sp³-hybridized carbons (Fsp3) is 0.529. The van der Waals surface area contributed by atoms with Gasteiger partial charge in [-0.3, -0.25) is 14.2 Å². The Morgan fingerprint density at radius 2 is 2.16 bits per heavy atom. The standard InChI is InChI=1S/C17H20N2O5S/c1-4-24-17(22)14-18-15-13(16(21)19(14)8-12(20)23-3)10-6-5-9(2)7-11(10)25-15/h9H,4-8H2,1-3H3/t9-/m1/s1. The summed E-state index contributed by atoms with van der Waals surface area (Å²) in [6.07, 6.45) is 2.72. The number of esters is 2. The minimum atomic E-state index is -0.717. The lowest BCUT2D eigenvalue weighted by molar-refractivity contribution is -0.141. The number of methoxy groups -OCH3 is 1. The Hall–Kier alpha value is -2.22. The molecular weight excluding hydrogens is 344 g/mol. The molecule has 0 aromatic carbocycles. The molecule has 3 rings (SSSR count). The molecule has 1 atom stereocenters. The van der Waals surface area contributed by atoms with E-state index in [1.165, 1.54) is 18.4 Å². The largest absolute Gasteiger partial charge is 0.468 e. The number of rotatable bonds is 4. The Labute approximate surface area is 148 Å². The van der Waals surface area contributed by atoms with E-state index in [2.05, 4.69) is 16.6 Å². The molecular formula is C17H20N2O5S. The summed E-state index contributed by atoms with van der Waals surface area (Å²) in [5.74, 6) is -0.935. The van der Waals surface area contributed by atoms with E-state index in [1.54, 1.807) is 6.92 Å². The van der Waals surface area contributed by atoms with Crippen molar-refractivity contribution in [2.45, 2.75) is 39.7 Å². The van der Waals surface area contributed by atoms with Gasteiger partial charge in [-0.15, -0.1) is 11.3 Å². The van der Waals surface area contributed by atoms with Gasteiger partial charge in [-0.2, -0.15) is 0 Å². The molecule has 0 radical (unpaired) electrons. The Morgan fingerprint density at radius 1 is 1.40 bits per heavy atom. The minimum absolute atomic E-state index is 0.156. The fourth-order valence-electron chi connectivity index (χ4n) is 3.12. The zero-order valence-corrected chi connectivity index (χ0v) is 15.3. The van der Waals surface area contributed by atoms with Gasteiger partial charge in [-0.1, -0.05) is 6.92 Å². The molecule has 0 unspecified atom stereocenters. The number of aromatic nitrogens is 2. The van der Waals surface area contributed by atoms with Crippen LogP contribution < -0.4 is 5.56 Å². The number of fused-ring (bicyclic) bond motifs is 3. The van der Waals surface area contributed by atoms with Crippen LogP contribution in [-0.2, 0) is 33.7 Å². The van der Waals surface area contributed by atoms with Gasteiger partial charge < -0.3 is 9.47 Å². The number of hydrogen-bond acceptors (Lipinski definition) is 7. The summed E-state index contributed by atoms with van der Waals surface area (Å²) in [4.78, 5) is 43.0. The molecule has 2 heterocycles. The van der Waals surface area contributed by atoms with Gasteiger partial charge in [0.15, 0.2) is 0 Å². The Kier molecular flexibility index (Phi) is 4.89. The van der Waals surface area contributed by atoms with Crippen LogP contribution >= 0.6 is 11.3 Å². The first-order valence-corrected chi connectivity index (χ1v) is 9.06. The van der Waals surface area contributed by atoms with Gasteiger partial charge in [0, 0.05) is 4.88 Å². The van der Waals surface area contributed by atoms with Crippen molar-refractivity contribution in [3.63, 3.8) is 0 Å². The second kappa shape index (κ2) is 6.95. The highest BCUT2D eigenvalue weighted by Crippen LogP contribution is 2.35. The van der Waals surface area contributed by atoms with Crippen molar-refractivity contribution in [2.75, 3.05) is 13.7 Å². The van der Waals surface area contributed by atoms with E-state index in [4.69, 9.17) is 4.74 Å². The number of hydrogen-bond donors (Lipinski definition) is 0. The Morgan fingerprint density at radius 3 is 2.84 bits per heavy atom. The summed E-state index contributed by atoms with van der Waals surface area (Å²) in [5, 5.41) is 0.517.